The number of amides is 1. The molecule has 0 bridgehead atoms. The number of nitrogens with one attached hydrogen (secondary N) is 2. The van der Waals surface area contributed by atoms with Crippen LogP contribution in [0.2, 0.25) is 0 Å². The molecule has 172 valence electrons. The lowest BCUT2D eigenvalue weighted by Crippen LogP contribution is -2.34. The Morgan fingerprint density at radius 3 is 2.72 bits per heavy atom. The highest BCUT2D eigenvalue weighted by molar-refractivity contribution is 5.92. The molecule has 0 aliphatic carbocycles. The van der Waals surface area contributed by atoms with Crippen molar-refractivity contribution in [3.8, 4) is 5.75 Å². The van der Waals surface area contributed by atoms with Gasteiger partial charge >= 0.3 is 6.09 Å². The largest absolute Gasteiger partial charge is 0.496 e. The zero-order valence-electron chi connectivity index (χ0n) is 19.2. The highest BCUT2D eigenvalue weighted by Crippen LogP contribution is 2.29. The third-order valence-corrected chi connectivity index (χ3v) is 4.91. The zero-order valence-corrected chi connectivity index (χ0v) is 19.2. The number of nitrogens with zero attached hydrogens (tertiary/aromatic N) is 3. The fourth-order valence-corrected chi connectivity index (χ4v) is 3.37. The second-order valence-electron chi connectivity index (χ2n) is 8.57. The number of hydrogen-bond acceptors (Lipinski definition) is 7. The molecule has 0 fully saturated rings. The van der Waals surface area contributed by atoms with Crippen molar-refractivity contribution in [2.24, 2.45) is 0 Å². The van der Waals surface area contributed by atoms with Gasteiger partial charge in [0, 0.05) is 31.0 Å². The molecule has 32 heavy (non-hydrogen) atoms. The molecule has 0 aliphatic heterocycles. The SMILES string of the molecule is COc1ccc(Nc2ncnc3[nH]cc(CCCN(C)C(=O)OC(C)(C)C)c23)cc1CO. The summed E-state index contributed by atoms with van der Waals surface area (Å²) in [6.07, 6.45) is 4.58. The van der Waals surface area contributed by atoms with Crippen molar-refractivity contribution in [3.05, 3.63) is 41.9 Å². The molecule has 9 heteroatoms. The molecular weight excluding hydrogens is 410 g/mol. The van der Waals surface area contributed by atoms with E-state index in [1.165, 1.54) is 6.33 Å². The highest BCUT2D eigenvalue weighted by Gasteiger charge is 2.19. The van der Waals surface area contributed by atoms with E-state index in [1.54, 1.807) is 25.1 Å². The summed E-state index contributed by atoms with van der Waals surface area (Å²) < 4.78 is 10.7. The lowest BCUT2D eigenvalue weighted by molar-refractivity contribution is 0.0297. The number of aromatic nitrogens is 3. The van der Waals surface area contributed by atoms with Gasteiger partial charge in [0.25, 0.3) is 0 Å². The average Bonchev–Trinajstić information content (AvgIpc) is 3.16. The van der Waals surface area contributed by atoms with E-state index in [-0.39, 0.29) is 12.7 Å². The summed E-state index contributed by atoms with van der Waals surface area (Å²) in [5, 5.41) is 13.8. The van der Waals surface area contributed by atoms with Crippen LogP contribution in [0.1, 0.15) is 38.3 Å². The second-order valence-corrected chi connectivity index (χ2v) is 8.57. The summed E-state index contributed by atoms with van der Waals surface area (Å²) in [5.41, 5.74) is 2.73. The number of methoxy groups -OCH3 is 1. The Balaban J connectivity index is 1.73. The maximum Gasteiger partial charge on any atom is 0.410 e. The minimum atomic E-state index is -0.516. The number of carbonyl (C=O) groups excluding carboxylic acids is 1. The van der Waals surface area contributed by atoms with Gasteiger partial charge < -0.3 is 29.8 Å². The number of H-pyrrole nitrogens is 1. The van der Waals surface area contributed by atoms with Crippen LogP contribution < -0.4 is 10.1 Å². The van der Waals surface area contributed by atoms with E-state index >= 15 is 0 Å². The van der Waals surface area contributed by atoms with Crippen LogP contribution in [0.3, 0.4) is 0 Å². The molecule has 3 aromatic rings. The maximum atomic E-state index is 12.2. The molecule has 1 aromatic carbocycles. The number of rotatable bonds is 8. The molecule has 0 unspecified atom stereocenters. The van der Waals surface area contributed by atoms with Crippen LogP contribution in [0.25, 0.3) is 11.0 Å². The second kappa shape index (κ2) is 9.86. The van der Waals surface area contributed by atoms with Gasteiger partial charge in [0.2, 0.25) is 0 Å². The first-order valence-corrected chi connectivity index (χ1v) is 10.5. The summed E-state index contributed by atoms with van der Waals surface area (Å²) in [5.74, 6) is 1.29. The predicted molar refractivity (Wildman–Crippen MR) is 123 cm³/mol. The number of benzene rings is 1. The van der Waals surface area contributed by atoms with E-state index in [9.17, 15) is 9.90 Å². The molecule has 0 radical (unpaired) electrons. The van der Waals surface area contributed by atoms with E-state index < -0.39 is 5.60 Å². The van der Waals surface area contributed by atoms with Gasteiger partial charge in [-0.05, 0) is 57.4 Å². The van der Waals surface area contributed by atoms with Crippen molar-refractivity contribution in [3.63, 3.8) is 0 Å². The molecule has 2 heterocycles. The zero-order chi connectivity index (χ0) is 23.3. The first-order chi connectivity index (χ1) is 15.2. The molecule has 1 amide bonds. The molecule has 0 atom stereocenters. The van der Waals surface area contributed by atoms with E-state index in [4.69, 9.17) is 9.47 Å². The van der Waals surface area contributed by atoms with Crippen molar-refractivity contribution in [2.45, 2.75) is 45.8 Å². The minimum Gasteiger partial charge on any atom is -0.496 e. The number of anilines is 2. The lowest BCUT2D eigenvalue weighted by atomic mass is 10.1. The summed E-state index contributed by atoms with van der Waals surface area (Å²) >= 11 is 0. The van der Waals surface area contributed by atoms with E-state index in [0.717, 1.165) is 35.1 Å². The smallest absolute Gasteiger partial charge is 0.410 e. The fourth-order valence-electron chi connectivity index (χ4n) is 3.37. The summed E-state index contributed by atoms with van der Waals surface area (Å²) in [4.78, 5) is 25.7. The molecular formula is C23H31N5O4. The Morgan fingerprint density at radius 1 is 1.25 bits per heavy atom. The van der Waals surface area contributed by atoms with Gasteiger partial charge in [-0.25, -0.2) is 14.8 Å². The molecule has 3 N–H and O–H groups in total. The van der Waals surface area contributed by atoms with Crippen molar-refractivity contribution >= 4 is 28.6 Å². The number of carbonyl (C=O) groups is 1. The Hall–Kier alpha value is -3.33. The van der Waals surface area contributed by atoms with Gasteiger partial charge in [-0.15, -0.1) is 0 Å². The maximum absolute atomic E-state index is 12.2. The van der Waals surface area contributed by atoms with Gasteiger partial charge in [-0.1, -0.05) is 0 Å². The molecule has 0 spiro atoms. The predicted octanol–water partition coefficient (Wildman–Crippen LogP) is 4.00. The van der Waals surface area contributed by atoms with Crippen LogP contribution in [-0.4, -0.2) is 57.4 Å². The molecule has 0 saturated carbocycles. The first-order valence-electron chi connectivity index (χ1n) is 10.5. The Kier molecular flexibility index (Phi) is 7.19. The molecule has 3 rings (SSSR count). The Labute approximate surface area is 187 Å². The van der Waals surface area contributed by atoms with E-state index in [1.807, 2.05) is 39.1 Å². The monoisotopic (exact) mass is 441 g/mol. The van der Waals surface area contributed by atoms with Crippen molar-refractivity contribution in [1.82, 2.24) is 19.9 Å². The van der Waals surface area contributed by atoms with Gasteiger partial charge in [0.1, 0.15) is 29.1 Å². The van der Waals surface area contributed by atoms with Crippen LogP contribution in [0.15, 0.2) is 30.7 Å². The van der Waals surface area contributed by atoms with Crippen LogP contribution >= 0.6 is 0 Å². The number of aliphatic hydroxyl groups excluding tert-OH is 1. The highest BCUT2D eigenvalue weighted by atomic mass is 16.6. The third kappa shape index (κ3) is 5.67. The van der Waals surface area contributed by atoms with Crippen LogP contribution in [-0.2, 0) is 17.8 Å². The number of fused-ring (bicyclic) bond motifs is 1. The molecule has 9 nitrogen and oxygen atoms in total. The van der Waals surface area contributed by atoms with Gasteiger partial charge in [0.15, 0.2) is 0 Å². The topological polar surface area (TPSA) is 113 Å². The standard InChI is InChI=1S/C23H31N5O4/c1-23(2,3)32-22(30)28(4)10-6-7-15-12-24-20-19(15)21(26-14-25-20)27-17-8-9-18(31-5)16(11-17)13-29/h8-9,11-12,14,29H,6-7,10,13H2,1-5H3,(H2,24,25,26,27). The fraction of sp³-hybridized carbons (Fsp3) is 0.435. The first kappa shape index (κ1) is 23.3. The normalized spacial score (nSPS) is 11.4. The van der Waals surface area contributed by atoms with Crippen molar-refractivity contribution < 1.29 is 19.4 Å². The number of ether oxygens (including phenoxy) is 2. The summed E-state index contributed by atoms with van der Waals surface area (Å²) in [6.45, 7) is 6.00. The summed E-state index contributed by atoms with van der Waals surface area (Å²) in [7, 11) is 3.31. The van der Waals surface area contributed by atoms with E-state index in [2.05, 4.69) is 20.3 Å². The van der Waals surface area contributed by atoms with Crippen LogP contribution in [0.5, 0.6) is 5.75 Å². The van der Waals surface area contributed by atoms with Gasteiger partial charge in [-0.3, -0.25) is 0 Å². The quantitative estimate of drug-likeness (QED) is 0.484. The molecule has 0 aliphatic rings. The Morgan fingerprint density at radius 2 is 2.03 bits per heavy atom. The number of aliphatic hydroxyl groups is 1. The van der Waals surface area contributed by atoms with Gasteiger partial charge in [0.05, 0.1) is 19.1 Å². The Bertz CT molecular complexity index is 1070. The van der Waals surface area contributed by atoms with Crippen LogP contribution in [0.4, 0.5) is 16.3 Å². The average molecular weight is 442 g/mol. The lowest BCUT2D eigenvalue weighted by Gasteiger charge is -2.24. The van der Waals surface area contributed by atoms with Crippen molar-refractivity contribution in [1.29, 1.82) is 0 Å². The number of aryl methyl sites for hydroxylation is 1. The van der Waals surface area contributed by atoms with E-state index in [0.29, 0.717) is 23.7 Å². The minimum absolute atomic E-state index is 0.127. The molecule has 2 aromatic heterocycles. The van der Waals surface area contributed by atoms with Crippen molar-refractivity contribution in [2.75, 3.05) is 26.0 Å². The number of aromatic amines is 1. The van der Waals surface area contributed by atoms with Gasteiger partial charge in [-0.2, -0.15) is 0 Å². The van der Waals surface area contributed by atoms with Crippen LogP contribution in [0, 0.1) is 0 Å². The number of hydrogen-bond donors (Lipinski definition) is 3. The third-order valence-electron chi connectivity index (χ3n) is 4.91. The molecule has 0 saturated heterocycles. The summed E-state index contributed by atoms with van der Waals surface area (Å²) in [6, 6.07) is 5.50.